The topological polar surface area (TPSA) is 75.2 Å². The van der Waals surface area contributed by atoms with E-state index in [9.17, 15) is 4.79 Å². The average molecular weight is 417 g/mol. The first-order chi connectivity index (χ1) is 14.6. The Hall–Kier alpha value is -2.28. The van der Waals surface area contributed by atoms with Gasteiger partial charge in [0.1, 0.15) is 12.3 Å². The predicted octanol–water partition coefficient (Wildman–Crippen LogP) is 3.27. The van der Waals surface area contributed by atoms with Gasteiger partial charge in [-0.25, -0.2) is 4.99 Å². The normalized spacial score (nSPS) is 16.8. The Labute approximate surface area is 180 Å². The molecule has 1 aromatic rings. The van der Waals surface area contributed by atoms with Crippen molar-refractivity contribution < 1.29 is 14.3 Å². The number of hydrogen-bond acceptors (Lipinski definition) is 4. The van der Waals surface area contributed by atoms with Gasteiger partial charge in [-0.1, -0.05) is 0 Å². The number of nitrogens with zero attached hydrogens (tertiary/aromatic N) is 2. The van der Waals surface area contributed by atoms with E-state index in [2.05, 4.69) is 15.6 Å². The molecule has 30 heavy (non-hydrogen) atoms. The number of carbonyl (C=O) groups is 1. The summed E-state index contributed by atoms with van der Waals surface area (Å²) in [5.74, 6) is 2.32. The zero-order chi connectivity index (χ0) is 21.2. The Morgan fingerprint density at radius 2 is 1.93 bits per heavy atom. The zero-order valence-electron chi connectivity index (χ0n) is 18.4. The maximum atomic E-state index is 12.4. The van der Waals surface area contributed by atoms with Crippen LogP contribution in [0.5, 0.6) is 5.75 Å². The van der Waals surface area contributed by atoms with Crippen LogP contribution in [0.4, 0.5) is 5.69 Å². The zero-order valence-corrected chi connectivity index (χ0v) is 18.4. The van der Waals surface area contributed by atoms with Crippen molar-refractivity contribution in [2.24, 2.45) is 10.9 Å². The molecule has 0 bridgehead atoms. The summed E-state index contributed by atoms with van der Waals surface area (Å²) >= 11 is 0. The van der Waals surface area contributed by atoms with Crippen molar-refractivity contribution in [1.82, 2.24) is 10.2 Å². The predicted molar refractivity (Wildman–Crippen MR) is 120 cm³/mol. The first-order valence-corrected chi connectivity index (χ1v) is 11.3. The molecule has 0 radical (unpaired) electrons. The molecule has 3 rings (SSSR count). The molecule has 1 heterocycles. The summed E-state index contributed by atoms with van der Waals surface area (Å²) in [6.07, 6.45) is 5.83. The van der Waals surface area contributed by atoms with E-state index in [-0.39, 0.29) is 18.6 Å². The summed E-state index contributed by atoms with van der Waals surface area (Å²) < 4.78 is 11.4. The lowest BCUT2D eigenvalue weighted by Crippen LogP contribution is -2.35. The number of rotatable bonds is 11. The van der Waals surface area contributed by atoms with Crippen LogP contribution in [-0.2, 0) is 9.53 Å². The monoisotopic (exact) mass is 416 g/mol. The summed E-state index contributed by atoms with van der Waals surface area (Å²) in [7, 11) is 0. The molecule has 2 N–H and O–H groups in total. The number of likely N-dealkylation sites (tertiary alicyclic amines) is 1. The molecule has 2 fully saturated rings. The Morgan fingerprint density at radius 3 is 2.60 bits per heavy atom. The van der Waals surface area contributed by atoms with Crippen LogP contribution >= 0.6 is 0 Å². The number of benzene rings is 1. The van der Waals surface area contributed by atoms with Crippen LogP contribution < -0.4 is 15.4 Å². The van der Waals surface area contributed by atoms with E-state index in [1.165, 1.54) is 12.8 Å². The van der Waals surface area contributed by atoms with Gasteiger partial charge in [-0.15, -0.1) is 0 Å². The lowest BCUT2D eigenvalue weighted by molar-refractivity contribution is -0.128. The highest BCUT2D eigenvalue weighted by atomic mass is 16.5. The van der Waals surface area contributed by atoms with Gasteiger partial charge in [0, 0.05) is 38.5 Å². The van der Waals surface area contributed by atoms with Gasteiger partial charge < -0.3 is 25.0 Å². The number of hydrogen-bond donors (Lipinski definition) is 2. The van der Waals surface area contributed by atoms with Crippen LogP contribution in [0.15, 0.2) is 29.3 Å². The van der Waals surface area contributed by atoms with Gasteiger partial charge >= 0.3 is 0 Å². The van der Waals surface area contributed by atoms with Gasteiger partial charge in [0.05, 0.1) is 6.10 Å². The molecule has 0 aromatic heterocycles. The number of nitrogens with one attached hydrogen (secondary N) is 2. The lowest BCUT2D eigenvalue weighted by Gasteiger charge is -2.16. The van der Waals surface area contributed by atoms with Crippen LogP contribution in [0, 0.1) is 5.92 Å². The summed E-state index contributed by atoms with van der Waals surface area (Å²) in [5.41, 5.74) is 0.899. The molecule has 7 nitrogen and oxygen atoms in total. The van der Waals surface area contributed by atoms with Gasteiger partial charge in [0.15, 0.2) is 5.96 Å². The van der Waals surface area contributed by atoms with Crippen molar-refractivity contribution in [1.29, 1.82) is 0 Å². The second kappa shape index (κ2) is 11.8. The van der Waals surface area contributed by atoms with Gasteiger partial charge in [0.2, 0.25) is 5.91 Å². The Bertz CT molecular complexity index is 680. The number of anilines is 1. The van der Waals surface area contributed by atoms with Crippen molar-refractivity contribution in [2.45, 2.75) is 52.1 Å². The summed E-state index contributed by atoms with van der Waals surface area (Å²) in [6, 6.07) is 7.77. The van der Waals surface area contributed by atoms with Crippen LogP contribution in [0.2, 0.25) is 0 Å². The second-order valence-corrected chi connectivity index (χ2v) is 8.37. The third kappa shape index (κ3) is 8.22. The van der Waals surface area contributed by atoms with E-state index in [1.54, 1.807) is 0 Å². The Kier molecular flexibility index (Phi) is 8.81. The smallest absolute Gasteiger partial charge is 0.244 e. The number of guanidine groups is 1. The SMILES string of the molecule is CC(C)Oc1ccc(NC(=NCC(=O)N2CCCC2)NCCCOCC2CC2)cc1. The minimum atomic E-state index is 0.0852. The van der Waals surface area contributed by atoms with Crippen molar-refractivity contribution in [3.63, 3.8) is 0 Å². The Balaban J connectivity index is 1.50. The molecule has 0 unspecified atom stereocenters. The summed E-state index contributed by atoms with van der Waals surface area (Å²) in [6.45, 7) is 8.23. The summed E-state index contributed by atoms with van der Waals surface area (Å²) in [5, 5.41) is 6.62. The summed E-state index contributed by atoms with van der Waals surface area (Å²) in [4.78, 5) is 18.8. The third-order valence-electron chi connectivity index (χ3n) is 5.13. The molecule has 2 aliphatic rings. The van der Waals surface area contributed by atoms with Crippen LogP contribution in [0.25, 0.3) is 0 Å². The minimum absolute atomic E-state index is 0.0852. The molecule has 1 aliphatic carbocycles. The molecule has 7 heteroatoms. The molecule has 1 saturated heterocycles. The fourth-order valence-electron chi connectivity index (χ4n) is 3.29. The number of aliphatic imine (C=N–C) groups is 1. The molecular weight excluding hydrogens is 380 g/mol. The van der Waals surface area contributed by atoms with Crippen molar-refractivity contribution >= 4 is 17.6 Å². The van der Waals surface area contributed by atoms with E-state index in [0.29, 0.717) is 5.96 Å². The first-order valence-electron chi connectivity index (χ1n) is 11.3. The third-order valence-corrected chi connectivity index (χ3v) is 5.13. The average Bonchev–Trinajstić information content (AvgIpc) is 3.38. The van der Waals surface area contributed by atoms with E-state index in [0.717, 1.165) is 69.5 Å². The molecule has 166 valence electrons. The maximum absolute atomic E-state index is 12.4. The standard InChI is InChI=1S/C23H36N4O3/c1-18(2)30-21-10-8-20(9-11-21)26-23(24-12-5-15-29-17-19-6-7-19)25-16-22(28)27-13-3-4-14-27/h8-11,18-19H,3-7,12-17H2,1-2H3,(H2,24,25,26). The highest BCUT2D eigenvalue weighted by molar-refractivity contribution is 5.95. The van der Waals surface area contributed by atoms with Crippen LogP contribution in [-0.4, -0.2) is 62.3 Å². The molecule has 1 aromatic carbocycles. The molecule has 1 saturated carbocycles. The van der Waals surface area contributed by atoms with Crippen molar-refractivity contribution in [3.05, 3.63) is 24.3 Å². The molecule has 1 aliphatic heterocycles. The number of carbonyl (C=O) groups excluding carboxylic acids is 1. The fourth-order valence-corrected chi connectivity index (χ4v) is 3.29. The minimum Gasteiger partial charge on any atom is -0.491 e. The van der Waals surface area contributed by atoms with Gasteiger partial charge in [-0.2, -0.15) is 0 Å². The van der Waals surface area contributed by atoms with Gasteiger partial charge in [0.25, 0.3) is 0 Å². The van der Waals surface area contributed by atoms with Crippen molar-refractivity contribution in [2.75, 3.05) is 44.7 Å². The van der Waals surface area contributed by atoms with Crippen LogP contribution in [0.3, 0.4) is 0 Å². The molecule has 0 atom stereocenters. The molecule has 1 amide bonds. The molecule has 0 spiro atoms. The quantitative estimate of drug-likeness (QED) is 0.329. The Morgan fingerprint density at radius 1 is 1.20 bits per heavy atom. The van der Waals surface area contributed by atoms with E-state index in [1.807, 2.05) is 43.0 Å². The van der Waals surface area contributed by atoms with E-state index in [4.69, 9.17) is 9.47 Å². The fraction of sp³-hybridized carbons (Fsp3) is 0.652. The van der Waals surface area contributed by atoms with Gasteiger partial charge in [-0.3, -0.25) is 4.79 Å². The van der Waals surface area contributed by atoms with Crippen molar-refractivity contribution in [3.8, 4) is 5.75 Å². The van der Waals surface area contributed by atoms with Gasteiger partial charge in [-0.05, 0) is 76.1 Å². The highest BCUT2D eigenvalue weighted by Crippen LogP contribution is 2.28. The second-order valence-electron chi connectivity index (χ2n) is 8.37. The first kappa shape index (κ1) is 22.4. The van der Waals surface area contributed by atoms with E-state index < -0.39 is 0 Å². The number of amides is 1. The number of ether oxygens (including phenoxy) is 2. The largest absolute Gasteiger partial charge is 0.491 e. The maximum Gasteiger partial charge on any atom is 0.244 e. The molecular formula is C23H36N4O3. The van der Waals surface area contributed by atoms with Crippen LogP contribution in [0.1, 0.15) is 46.0 Å². The van der Waals surface area contributed by atoms with E-state index >= 15 is 0 Å². The highest BCUT2D eigenvalue weighted by Gasteiger charge is 2.21. The lowest BCUT2D eigenvalue weighted by atomic mass is 10.3.